The van der Waals surface area contributed by atoms with E-state index in [4.69, 9.17) is 15.2 Å². The second-order valence-electron chi connectivity index (χ2n) is 9.40. The fourth-order valence-corrected chi connectivity index (χ4v) is 4.64. The summed E-state index contributed by atoms with van der Waals surface area (Å²) in [6.45, 7) is 3.15. The molecule has 3 heterocycles. The molecule has 0 spiro atoms. The number of anilines is 4. The molecule has 3 aromatic rings. The zero-order chi connectivity index (χ0) is 27.4. The number of nitrogens with one attached hydrogen (secondary N) is 1. The first-order chi connectivity index (χ1) is 18.8. The number of nitrogens with zero attached hydrogens (tertiary/aromatic N) is 4. The molecular weight excluding hydrogens is 513 g/mol. The Labute approximate surface area is 223 Å². The highest BCUT2D eigenvalue weighted by molar-refractivity contribution is 5.82. The number of ether oxygens (including phenoxy) is 2. The lowest BCUT2D eigenvalue weighted by molar-refractivity contribution is -0.187. The predicted octanol–water partition coefficient (Wildman–Crippen LogP) is 4.24. The van der Waals surface area contributed by atoms with Gasteiger partial charge in [0.2, 0.25) is 5.95 Å². The summed E-state index contributed by atoms with van der Waals surface area (Å²) in [5.41, 5.74) is 10.0. The number of nitrogens with two attached hydrogens (primary N) is 1. The number of aromatic nitrogens is 2. The zero-order valence-electron chi connectivity index (χ0n) is 21.2. The monoisotopic (exact) mass is 542 g/mol. The summed E-state index contributed by atoms with van der Waals surface area (Å²) >= 11 is 0. The Morgan fingerprint density at radius 3 is 2.41 bits per heavy atom. The van der Waals surface area contributed by atoms with Crippen LogP contribution in [0.3, 0.4) is 0 Å². The molecule has 2 aliphatic heterocycles. The van der Waals surface area contributed by atoms with Crippen molar-refractivity contribution in [2.24, 2.45) is 0 Å². The quantitative estimate of drug-likeness (QED) is 0.446. The van der Waals surface area contributed by atoms with Crippen molar-refractivity contribution in [2.75, 3.05) is 55.3 Å². The third-order valence-corrected chi connectivity index (χ3v) is 6.73. The van der Waals surface area contributed by atoms with Crippen LogP contribution in [0.25, 0.3) is 11.3 Å². The highest BCUT2D eigenvalue weighted by Gasteiger charge is 2.43. The number of nitrogen functional groups attached to an aromatic ring is 1. The van der Waals surface area contributed by atoms with E-state index in [1.165, 1.54) is 0 Å². The number of halogens is 3. The van der Waals surface area contributed by atoms with Crippen molar-refractivity contribution in [3.8, 4) is 17.0 Å². The normalized spacial score (nSPS) is 16.7. The van der Waals surface area contributed by atoms with Gasteiger partial charge in [0, 0.05) is 62.2 Å². The van der Waals surface area contributed by atoms with E-state index in [0.717, 1.165) is 48.1 Å². The van der Waals surface area contributed by atoms with Gasteiger partial charge in [0.25, 0.3) is 0 Å². The molecule has 2 saturated heterocycles. The molecule has 1 amide bonds. The molecule has 0 unspecified atom stereocenters. The van der Waals surface area contributed by atoms with Gasteiger partial charge < -0.3 is 30.3 Å². The number of carbonyl (C=O) groups is 1. The van der Waals surface area contributed by atoms with E-state index in [0.29, 0.717) is 23.1 Å². The Morgan fingerprint density at radius 2 is 1.74 bits per heavy atom. The van der Waals surface area contributed by atoms with Crippen LogP contribution in [-0.2, 0) is 9.53 Å². The molecule has 2 fully saturated rings. The number of hydrogen-bond donors (Lipinski definition) is 2. The van der Waals surface area contributed by atoms with Crippen molar-refractivity contribution in [3.05, 3.63) is 54.7 Å². The van der Waals surface area contributed by atoms with Crippen molar-refractivity contribution in [3.63, 3.8) is 0 Å². The van der Waals surface area contributed by atoms with Gasteiger partial charge in [-0.05, 0) is 48.5 Å². The fourth-order valence-electron chi connectivity index (χ4n) is 4.64. The van der Waals surface area contributed by atoms with Crippen molar-refractivity contribution in [1.29, 1.82) is 0 Å². The second-order valence-corrected chi connectivity index (χ2v) is 9.40. The van der Waals surface area contributed by atoms with Crippen LogP contribution in [0, 0.1) is 0 Å². The van der Waals surface area contributed by atoms with Crippen LogP contribution in [0.2, 0.25) is 0 Å². The fraction of sp³-hybridized carbons (Fsp3) is 0.370. The number of amides is 1. The van der Waals surface area contributed by atoms with E-state index in [1.54, 1.807) is 24.4 Å². The van der Waals surface area contributed by atoms with E-state index < -0.39 is 12.1 Å². The van der Waals surface area contributed by atoms with Crippen LogP contribution in [-0.4, -0.2) is 72.4 Å². The molecule has 2 aromatic carbocycles. The van der Waals surface area contributed by atoms with Gasteiger partial charge >= 0.3 is 12.1 Å². The first-order valence-corrected chi connectivity index (χ1v) is 12.7. The Balaban J connectivity index is 1.20. The first kappa shape index (κ1) is 26.5. The number of piperidine rings is 1. The third-order valence-electron chi connectivity index (χ3n) is 6.73. The van der Waals surface area contributed by atoms with Crippen LogP contribution in [0.4, 0.5) is 36.2 Å². The second kappa shape index (κ2) is 11.4. The number of hydrogen-bond acceptors (Lipinski definition) is 8. The van der Waals surface area contributed by atoms with Crippen LogP contribution < -0.4 is 20.7 Å². The Morgan fingerprint density at radius 1 is 1.03 bits per heavy atom. The van der Waals surface area contributed by atoms with Crippen LogP contribution in [0.5, 0.6) is 5.75 Å². The van der Waals surface area contributed by atoms with Crippen molar-refractivity contribution in [2.45, 2.75) is 25.1 Å². The molecule has 0 aliphatic carbocycles. The van der Waals surface area contributed by atoms with Gasteiger partial charge in [0.05, 0.1) is 24.6 Å². The highest BCUT2D eigenvalue weighted by atomic mass is 19.4. The van der Waals surface area contributed by atoms with Crippen LogP contribution >= 0.6 is 0 Å². The van der Waals surface area contributed by atoms with E-state index in [1.807, 2.05) is 18.2 Å². The van der Waals surface area contributed by atoms with Crippen molar-refractivity contribution in [1.82, 2.24) is 14.9 Å². The molecule has 206 valence electrons. The molecular formula is C27H29F3N6O3. The van der Waals surface area contributed by atoms with Crippen molar-refractivity contribution >= 4 is 28.9 Å². The van der Waals surface area contributed by atoms with Crippen LogP contribution in [0.1, 0.15) is 12.8 Å². The number of likely N-dealkylation sites (tertiary alicyclic amines) is 1. The topological polar surface area (TPSA) is 106 Å². The SMILES string of the molecule is Nc1cc(-c2ccnc(Nc3ccc(N4CCOCC4)cc3)n2)ccc1OC1CCN(C(=O)C(F)(F)F)CC1. The zero-order valence-corrected chi connectivity index (χ0v) is 21.2. The van der Waals surface area contributed by atoms with E-state index in [9.17, 15) is 18.0 Å². The Hall–Kier alpha value is -4.06. The van der Waals surface area contributed by atoms with E-state index in [-0.39, 0.29) is 32.0 Å². The van der Waals surface area contributed by atoms with E-state index >= 15 is 0 Å². The number of alkyl halides is 3. The highest BCUT2D eigenvalue weighted by Crippen LogP contribution is 2.31. The maximum Gasteiger partial charge on any atom is 0.471 e. The van der Waals surface area contributed by atoms with Crippen LogP contribution in [0.15, 0.2) is 54.7 Å². The average molecular weight is 543 g/mol. The maximum atomic E-state index is 12.7. The molecule has 12 heteroatoms. The standard InChI is InChI=1S/C27H29F3N6O3/c28-27(29,30)25(37)36-11-8-21(9-12-36)39-24-6-1-18(17-22(24)31)23-7-10-32-26(34-23)33-19-2-4-20(5-3-19)35-13-15-38-16-14-35/h1-7,10,17,21H,8-9,11-16,31H2,(H,32,33,34). The summed E-state index contributed by atoms with van der Waals surface area (Å²) in [6.07, 6.45) is -2.96. The molecule has 0 bridgehead atoms. The number of benzene rings is 2. The lowest BCUT2D eigenvalue weighted by atomic mass is 10.1. The summed E-state index contributed by atoms with van der Waals surface area (Å²) in [7, 11) is 0. The summed E-state index contributed by atoms with van der Waals surface area (Å²) < 4.78 is 49.4. The molecule has 0 atom stereocenters. The smallest absolute Gasteiger partial charge is 0.471 e. The molecule has 39 heavy (non-hydrogen) atoms. The minimum Gasteiger partial charge on any atom is -0.488 e. The summed E-state index contributed by atoms with van der Waals surface area (Å²) in [5.74, 6) is -0.939. The third kappa shape index (κ3) is 6.51. The molecule has 5 rings (SSSR count). The summed E-state index contributed by atoms with van der Waals surface area (Å²) in [6, 6.07) is 15.1. The molecule has 2 aliphatic rings. The lowest BCUT2D eigenvalue weighted by Gasteiger charge is -2.32. The van der Waals surface area contributed by atoms with Gasteiger partial charge in [-0.15, -0.1) is 0 Å². The number of morpholine rings is 1. The van der Waals surface area contributed by atoms with Gasteiger partial charge in [0.1, 0.15) is 11.9 Å². The van der Waals surface area contributed by atoms with Gasteiger partial charge in [-0.3, -0.25) is 4.79 Å². The molecule has 1 aromatic heterocycles. The van der Waals surface area contributed by atoms with Gasteiger partial charge in [0.15, 0.2) is 0 Å². The van der Waals surface area contributed by atoms with E-state index in [2.05, 4.69) is 32.3 Å². The minimum absolute atomic E-state index is 0.0202. The summed E-state index contributed by atoms with van der Waals surface area (Å²) in [5, 5.41) is 3.23. The maximum absolute atomic E-state index is 12.7. The number of rotatable bonds is 6. The Kier molecular flexibility index (Phi) is 7.73. The van der Waals surface area contributed by atoms with Gasteiger partial charge in [-0.2, -0.15) is 13.2 Å². The van der Waals surface area contributed by atoms with Gasteiger partial charge in [-0.1, -0.05) is 0 Å². The number of carbonyl (C=O) groups excluding carboxylic acids is 1. The predicted molar refractivity (Wildman–Crippen MR) is 141 cm³/mol. The van der Waals surface area contributed by atoms with Gasteiger partial charge in [-0.25, -0.2) is 9.97 Å². The lowest BCUT2D eigenvalue weighted by Crippen LogP contribution is -2.47. The minimum atomic E-state index is -4.86. The largest absolute Gasteiger partial charge is 0.488 e. The first-order valence-electron chi connectivity index (χ1n) is 12.7. The van der Waals surface area contributed by atoms with Crippen molar-refractivity contribution < 1.29 is 27.4 Å². The molecule has 0 radical (unpaired) electrons. The summed E-state index contributed by atoms with van der Waals surface area (Å²) in [4.78, 5) is 23.4. The Bertz CT molecular complexity index is 1290. The molecule has 3 N–H and O–H groups in total. The molecule has 0 saturated carbocycles. The average Bonchev–Trinajstić information content (AvgIpc) is 2.95. The molecule has 9 nitrogen and oxygen atoms in total.